The third kappa shape index (κ3) is 3.26. The van der Waals surface area contributed by atoms with Crippen molar-refractivity contribution in [3.8, 4) is 0 Å². The Labute approximate surface area is 81.1 Å². The van der Waals surface area contributed by atoms with E-state index >= 15 is 0 Å². The third-order valence-electron chi connectivity index (χ3n) is 3.03. The molecule has 1 aliphatic rings. The van der Waals surface area contributed by atoms with Crippen LogP contribution < -0.4 is 5.32 Å². The van der Waals surface area contributed by atoms with Crippen molar-refractivity contribution in [1.82, 2.24) is 5.32 Å². The van der Waals surface area contributed by atoms with Crippen molar-refractivity contribution < 1.29 is 4.39 Å². The van der Waals surface area contributed by atoms with Gasteiger partial charge < -0.3 is 5.32 Å². The Balaban J connectivity index is 2.46. The van der Waals surface area contributed by atoms with Gasteiger partial charge in [-0.05, 0) is 32.7 Å². The predicted octanol–water partition coefficient (Wildman–Crippen LogP) is 3.05. The zero-order valence-corrected chi connectivity index (χ0v) is 8.91. The standard InChI is InChI=1S/C11H22FN/c1-3-8-11(2,12)10-7-5-4-6-9-13-10/h10,13H,3-9H2,1-2H3. The third-order valence-corrected chi connectivity index (χ3v) is 3.03. The molecular weight excluding hydrogens is 165 g/mol. The van der Waals surface area contributed by atoms with Crippen molar-refractivity contribution >= 4 is 0 Å². The Hall–Kier alpha value is -0.110. The lowest BCUT2D eigenvalue weighted by atomic mass is 9.90. The van der Waals surface area contributed by atoms with Crippen LogP contribution in [0.5, 0.6) is 0 Å². The van der Waals surface area contributed by atoms with E-state index in [1.807, 2.05) is 0 Å². The number of alkyl halides is 1. The fourth-order valence-electron chi connectivity index (χ4n) is 2.21. The molecule has 13 heavy (non-hydrogen) atoms. The highest BCUT2D eigenvalue weighted by Gasteiger charge is 2.32. The molecule has 1 saturated heterocycles. The van der Waals surface area contributed by atoms with Crippen molar-refractivity contribution in [2.45, 2.75) is 64.1 Å². The molecule has 1 heterocycles. The predicted molar refractivity (Wildman–Crippen MR) is 54.7 cm³/mol. The maximum Gasteiger partial charge on any atom is 0.123 e. The van der Waals surface area contributed by atoms with Crippen molar-refractivity contribution in [1.29, 1.82) is 0 Å². The molecule has 0 spiro atoms. The van der Waals surface area contributed by atoms with Gasteiger partial charge >= 0.3 is 0 Å². The van der Waals surface area contributed by atoms with Crippen LogP contribution >= 0.6 is 0 Å². The fourth-order valence-corrected chi connectivity index (χ4v) is 2.21. The highest BCUT2D eigenvalue weighted by molar-refractivity contribution is 4.89. The van der Waals surface area contributed by atoms with Gasteiger partial charge in [0.2, 0.25) is 0 Å². The first-order chi connectivity index (χ1) is 6.17. The van der Waals surface area contributed by atoms with E-state index in [2.05, 4.69) is 12.2 Å². The van der Waals surface area contributed by atoms with Gasteiger partial charge in [-0.2, -0.15) is 0 Å². The Morgan fingerprint density at radius 2 is 2.15 bits per heavy atom. The van der Waals surface area contributed by atoms with E-state index in [1.165, 1.54) is 19.3 Å². The topological polar surface area (TPSA) is 12.0 Å². The fraction of sp³-hybridized carbons (Fsp3) is 1.00. The maximum absolute atomic E-state index is 14.1. The second kappa shape index (κ2) is 4.94. The molecule has 0 aromatic carbocycles. The van der Waals surface area contributed by atoms with E-state index in [4.69, 9.17) is 0 Å². The highest BCUT2D eigenvalue weighted by atomic mass is 19.1. The molecule has 0 aromatic heterocycles. The number of hydrogen-bond acceptors (Lipinski definition) is 1. The van der Waals surface area contributed by atoms with E-state index in [9.17, 15) is 4.39 Å². The summed E-state index contributed by atoms with van der Waals surface area (Å²) in [5, 5.41) is 3.33. The van der Waals surface area contributed by atoms with Gasteiger partial charge in [0, 0.05) is 6.04 Å². The molecule has 1 rings (SSSR count). The Kier molecular flexibility index (Phi) is 4.17. The Morgan fingerprint density at radius 3 is 2.85 bits per heavy atom. The van der Waals surface area contributed by atoms with Gasteiger partial charge in [0.15, 0.2) is 0 Å². The minimum absolute atomic E-state index is 0.0925. The monoisotopic (exact) mass is 187 g/mol. The van der Waals surface area contributed by atoms with Crippen molar-refractivity contribution in [3.63, 3.8) is 0 Å². The van der Waals surface area contributed by atoms with Crippen LogP contribution in [0.3, 0.4) is 0 Å². The van der Waals surface area contributed by atoms with Crippen LogP contribution in [0.1, 0.15) is 52.4 Å². The molecule has 1 nitrogen and oxygen atoms in total. The van der Waals surface area contributed by atoms with Gasteiger partial charge in [0.25, 0.3) is 0 Å². The van der Waals surface area contributed by atoms with Gasteiger partial charge in [-0.15, -0.1) is 0 Å². The van der Waals surface area contributed by atoms with E-state index < -0.39 is 5.67 Å². The summed E-state index contributed by atoms with van der Waals surface area (Å²) in [5.74, 6) is 0. The Bertz CT molecular complexity index is 137. The summed E-state index contributed by atoms with van der Waals surface area (Å²) in [6.45, 7) is 4.79. The molecule has 2 unspecified atom stereocenters. The average Bonchev–Trinajstić information content (AvgIpc) is 2.31. The Morgan fingerprint density at radius 1 is 1.38 bits per heavy atom. The summed E-state index contributed by atoms with van der Waals surface area (Å²) in [6.07, 6.45) is 6.27. The summed E-state index contributed by atoms with van der Waals surface area (Å²) in [6, 6.07) is 0.0925. The normalized spacial score (nSPS) is 29.3. The molecular formula is C11H22FN. The molecule has 0 radical (unpaired) electrons. The lowest BCUT2D eigenvalue weighted by molar-refractivity contribution is 0.111. The van der Waals surface area contributed by atoms with Crippen LogP contribution in [0.4, 0.5) is 4.39 Å². The first-order valence-corrected chi connectivity index (χ1v) is 5.59. The first-order valence-electron chi connectivity index (χ1n) is 5.59. The molecule has 0 amide bonds. The van der Waals surface area contributed by atoms with E-state index in [1.54, 1.807) is 6.92 Å². The van der Waals surface area contributed by atoms with Crippen LogP contribution in [0.2, 0.25) is 0 Å². The van der Waals surface area contributed by atoms with Crippen LogP contribution in [0, 0.1) is 0 Å². The molecule has 1 aliphatic heterocycles. The van der Waals surface area contributed by atoms with Crippen molar-refractivity contribution in [2.75, 3.05) is 6.54 Å². The molecule has 0 bridgehead atoms. The molecule has 0 saturated carbocycles. The van der Waals surface area contributed by atoms with Gasteiger partial charge in [0.05, 0.1) is 0 Å². The molecule has 1 fully saturated rings. The highest BCUT2D eigenvalue weighted by Crippen LogP contribution is 2.27. The SMILES string of the molecule is CCCC(C)(F)C1CCCCCN1. The summed E-state index contributed by atoms with van der Waals surface area (Å²) in [4.78, 5) is 0. The molecule has 78 valence electrons. The first kappa shape index (κ1) is 11.0. The van der Waals surface area contributed by atoms with E-state index in [-0.39, 0.29) is 6.04 Å². The van der Waals surface area contributed by atoms with Gasteiger partial charge in [0.1, 0.15) is 5.67 Å². The van der Waals surface area contributed by atoms with E-state index in [0.29, 0.717) is 6.42 Å². The molecule has 1 N–H and O–H groups in total. The van der Waals surface area contributed by atoms with Crippen LogP contribution in [-0.2, 0) is 0 Å². The average molecular weight is 187 g/mol. The number of rotatable bonds is 3. The minimum Gasteiger partial charge on any atom is -0.311 e. The number of hydrogen-bond donors (Lipinski definition) is 1. The largest absolute Gasteiger partial charge is 0.311 e. The van der Waals surface area contributed by atoms with Gasteiger partial charge in [-0.25, -0.2) is 4.39 Å². The zero-order chi connectivity index (χ0) is 9.73. The smallest absolute Gasteiger partial charge is 0.123 e. The summed E-state index contributed by atoms with van der Waals surface area (Å²) in [7, 11) is 0. The molecule has 0 aromatic rings. The van der Waals surface area contributed by atoms with Crippen LogP contribution in [0.15, 0.2) is 0 Å². The van der Waals surface area contributed by atoms with Crippen molar-refractivity contribution in [2.24, 2.45) is 0 Å². The lowest BCUT2D eigenvalue weighted by Crippen LogP contribution is -2.45. The van der Waals surface area contributed by atoms with Crippen LogP contribution in [-0.4, -0.2) is 18.3 Å². The molecule has 0 aliphatic carbocycles. The summed E-state index contributed by atoms with van der Waals surface area (Å²) >= 11 is 0. The van der Waals surface area contributed by atoms with Gasteiger partial charge in [-0.1, -0.05) is 26.2 Å². The maximum atomic E-state index is 14.1. The second-order valence-corrected chi connectivity index (χ2v) is 4.38. The zero-order valence-electron chi connectivity index (χ0n) is 8.91. The lowest BCUT2D eigenvalue weighted by Gasteiger charge is -2.30. The summed E-state index contributed by atoms with van der Waals surface area (Å²) < 4.78 is 14.1. The van der Waals surface area contributed by atoms with Crippen molar-refractivity contribution in [3.05, 3.63) is 0 Å². The second-order valence-electron chi connectivity index (χ2n) is 4.38. The quantitative estimate of drug-likeness (QED) is 0.716. The molecule has 2 heteroatoms. The molecule has 2 atom stereocenters. The minimum atomic E-state index is -1.00. The van der Waals surface area contributed by atoms with E-state index in [0.717, 1.165) is 19.4 Å². The van der Waals surface area contributed by atoms with Crippen LogP contribution in [0.25, 0.3) is 0 Å². The van der Waals surface area contributed by atoms with Gasteiger partial charge in [-0.3, -0.25) is 0 Å². The number of halogens is 1. The number of nitrogens with one attached hydrogen (secondary N) is 1. The summed E-state index contributed by atoms with van der Waals surface area (Å²) in [5.41, 5.74) is -1.00.